The molecule has 1 amide bonds. The average Bonchev–Trinajstić information content (AvgIpc) is 3.33. The number of rotatable bonds is 12. The Morgan fingerprint density at radius 2 is 1.80 bits per heavy atom. The number of carbonyl (C=O) groups excluding carboxylic acids is 1. The molecule has 0 aromatic heterocycles. The first kappa shape index (κ1) is 30.4. The Kier molecular flexibility index (Phi) is 10.9. The fourth-order valence-corrected chi connectivity index (χ4v) is 6.28. The van der Waals surface area contributed by atoms with Crippen LogP contribution in [0.5, 0.6) is 5.75 Å². The standard InChI is InChI=1S/C32H43F3N2O3/c1-3-4-15-27-21-28(36-22-25-20-26(32(33,34)35)16-17-29(25)40-19-18-39-2)30(23-11-7-5-8-12-23)37(27)31(38)24-13-9-6-10-14-24/h5,7-8,11-12,16-17,20,24,27-28,30,36H,3-4,6,9-10,13-15,18-19,21-22H2,1-2H3. The van der Waals surface area contributed by atoms with E-state index in [0.29, 0.717) is 17.9 Å². The maximum absolute atomic E-state index is 14.1. The SMILES string of the molecule is CCCCC1CC(NCc2cc(C(F)(F)F)ccc2OCCOC)C(c2ccccc2)N1C(=O)C1CCCCC1. The van der Waals surface area contributed by atoms with Crippen LogP contribution in [0.1, 0.15) is 87.4 Å². The number of nitrogens with zero attached hydrogens (tertiary/aromatic N) is 1. The number of methoxy groups -OCH3 is 1. The van der Waals surface area contributed by atoms with E-state index in [0.717, 1.165) is 63.0 Å². The number of carbonyl (C=O) groups is 1. The number of hydrogen-bond donors (Lipinski definition) is 1. The van der Waals surface area contributed by atoms with Crippen molar-refractivity contribution < 1.29 is 27.4 Å². The van der Waals surface area contributed by atoms with Gasteiger partial charge in [-0.3, -0.25) is 4.79 Å². The topological polar surface area (TPSA) is 50.8 Å². The van der Waals surface area contributed by atoms with Gasteiger partial charge in [-0.1, -0.05) is 69.4 Å². The van der Waals surface area contributed by atoms with Gasteiger partial charge in [-0.15, -0.1) is 0 Å². The highest BCUT2D eigenvalue weighted by molar-refractivity contribution is 5.80. The van der Waals surface area contributed by atoms with Crippen molar-refractivity contribution in [1.29, 1.82) is 0 Å². The fraction of sp³-hybridized carbons (Fsp3) is 0.594. The molecule has 1 heterocycles. The summed E-state index contributed by atoms with van der Waals surface area (Å²) in [6.07, 6.45) is 4.52. The molecule has 3 unspecified atom stereocenters. The summed E-state index contributed by atoms with van der Waals surface area (Å²) in [5.74, 6) is 0.693. The molecule has 1 saturated heterocycles. The van der Waals surface area contributed by atoms with Crippen molar-refractivity contribution in [3.8, 4) is 5.75 Å². The first-order valence-corrected chi connectivity index (χ1v) is 14.8. The molecular weight excluding hydrogens is 517 g/mol. The van der Waals surface area contributed by atoms with Gasteiger partial charge < -0.3 is 19.7 Å². The van der Waals surface area contributed by atoms with Crippen molar-refractivity contribution in [1.82, 2.24) is 10.2 Å². The number of alkyl halides is 3. The van der Waals surface area contributed by atoms with Crippen LogP contribution >= 0.6 is 0 Å². The Hall–Kier alpha value is -2.58. The normalized spacial score (nSPS) is 22.0. The van der Waals surface area contributed by atoms with Crippen LogP contribution in [0.3, 0.4) is 0 Å². The number of unbranched alkanes of at least 4 members (excludes halogenated alkanes) is 1. The van der Waals surface area contributed by atoms with Crippen LogP contribution in [0, 0.1) is 5.92 Å². The molecule has 2 aromatic carbocycles. The lowest BCUT2D eigenvalue weighted by Crippen LogP contribution is -2.44. The van der Waals surface area contributed by atoms with E-state index in [-0.39, 0.29) is 43.1 Å². The fourth-order valence-electron chi connectivity index (χ4n) is 6.28. The average molecular weight is 561 g/mol. The molecule has 1 N–H and O–H groups in total. The van der Waals surface area contributed by atoms with Gasteiger partial charge in [-0.2, -0.15) is 13.2 Å². The minimum Gasteiger partial charge on any atom is -0.491 e. The zero-order chi connectivity index (χ0) is 28.5. The first-order chi connectivity index (χ1) is 19.3. The van der Waals surface area contributed by atoms with Gasteiger partial charge in [0.1, 0.15) is 12.4 Å². The minimum absolute atomic E-state index is 0.0482. The van der Waals surface area contributed by atoms with Crippen LogP contribution in [0.2, 0.25) is 0 Å². The number of amides is 1. The van der Waals surface area contributed by atoms with Gasteiger partial charge in [-0.05, 0) is 49.4 Å². The summed E-state index contributed by atoms with van der Waals surface area (Å²) in [6.45, 7) is 2.94. The van der Waals surface area contributed by atoms with Gasteiger partial charge in [0.15, 0.2) is 0 Å². The minimum atomic E-state index is -4.45. The number of halogens is 3. The highest BCUT2D eigenvalue weighted by Gasteiger charge is 2.45. The first-order valence-electron chi connectivity index (χ1n) is 14.8. The lowest BCUT2D eigenvalue weighted by Gasteiger charge is -2.36. The predicted molar refractivity (Wildman–Crippen MR) is 150 cm³/mol. The summed E-state index contributed by atoms with van der Waals surface area (Å²) in [6, 6.07) is 13.5. The number of ether oxygens (including phenoxy) is 2. The van der Waals surface area contributed by atoms with Gasteiger partial charge >= 0.3 is 6.18 Å². The zero-order valence-corrected chi connectivity index (χ0v) is 23.7. The van der Waals surface area contributed by atoms with Crippen LogP contribution < -0.4 is 10.1 Å². The summed E-state index contributed by atoms with van der Waals surface area (Å²) in [5.41, 5.74) is 0.799. The summed E-state index contributed by atoms with van der Waals surface area (Å²) < 4.78 is 51.6. The quantitative estimate of drug-likeness (QED) is 0.277. The number of benzene rings is 2. The Labute approximate surface area is 236 Å². The van der Waals surface area contributed by atoms with Crippen molar-refractivity contribution in [3.05, 3.63) is 65.2 Å². The van der Waals surface area contributed by atoms with E-state index >= 15 is 0 Å². The monoisotopic (exact) mass is 560 g/mol. The molecule has 4 rings (SSSR count). The molecule has 2 aliphatic rings. The summed E-state index contributed by atoms with van der Waals surface area (Å²) in [5, 5.41) is 3.58. The molecule has 0 bridgehead atoms. The summed E-state index contributed by atoms with van der Waals surface area (Å²) >= 11 is 0. The Bertz CT molecular complexity index is 1070. The molecule has 8 heteroatoms. The van der Waals surface area contributed by atoms with E-state index in [9.17, 15) is 18.0 Å². The van der Waals surface area contributed by atoms with Gasteiger partial charge in [-0.25, -0.2) is 0 Å². The predicted octanol–water partition coefficient (Wildman–Crippen LogP) is 7.30. The van der Waals surface area contributed by atoms with Crippen LogP contribution in [0.25, 0.3) is 0 Å². The number of hydrogen-bond acceptors (Lipinski definition) is 4. The molecule has 40 heavy (non-hydrogen) atoms. The third-order valence-corrected chi connectivity index (χ3v) is 8.33. The molecule has 1 aliphatic heterocycles. The van der Waals surface area contributed by atoms with Crippen molar-refractivity contribution in [2.45, 2.75) is 95.6 Å². The molecule has 220 valence electrons. The Balaban J connectivity index is 1.63. The highest BCUT2D eigenvalue weighted by atomic mass is 19.4. The van der Waals surface area contributed by atoms with Crippen LogP contribution in [-0.2, 0) is 22.3 Å². The third kappa shape index (κ3) is 7.58. The molecule has 1 saturated carbocycles. The van der Waals surface area contributed by atoms with Crippen molar-refractivity contribution in [2.24, 2.45) is 5.92 Å². The molecule has 2 fully saturated rings. The van der Waals surface area contributed by atoms with E-state index in [1.807, 2.05) is 18.2 Å². The van der Waals surface area contributed by atoms with Crippen LogP contribution in [0.15, 0.2) is 48.5 Å². The Morgan fingerprint density at radius 3 is 2.48 bits per heavy atom. The number of likely N-dealkylation sites (tertiary alicyclic amines) is 1. The molecule has 5 nitrogen and oxygen atoms in total. The highest BCUT2D eigenvalue weighted by Crippen LogP contribution is 2.42. The smallest absolute Gasteiger partial charge is 0.416 e. The second-order valence-electron chi connectivity index (χ2n) is 11.1. The van der Waals surface area contributed by atoms with E-state index in [1.165, 1.54) is 18.6 Å². The maximum Gasteiger partial charge on any atom is 0.416 e. The van der Waals surface area contributed by atoms with Gasteiger partial charge in [0.05, 0.1) is 18.2 Å². The second kappa shape index (κ2) is 14.4. The van der Waals surface area contributed by atoms with Crippen molar-refractivity contribution in [3.63, 3.8) is 0 Å². The summed E-state index contributed by atoms with van der Waals surface area (Å²) in [4.78, 5) is 16.2. The molecule has 2 aromatic rings. The lowest BCUT2D eigenvalue weighted by atomic mass is 9.87. The third-order valence-electron chi connectivity index (χ3n) is 8.33. The van der Waals surface area contributed by atoms with Gasteiger partial charge in [0.2, 0.25) is 5.91 Å². The maximum atomic E-state index is 14.1. The second-order valence-corrected chi connectivity index (χ2v) is 11.1. The van der Waals surface area contributed by atoms with Gasteiger partial charge in [0.25, 0.3) is 0 Å². The van der Waals surface area contributed by atoms with Crippen molar-refractivity contribution in [2.75, 3.05) is 20.3 Å². The molecule has 0 spiro atoms. The molecule has 1 aliphatic carbocycles. The van der Waals surface area contributed by atoms with E-state index in [2.05, 4.69) is 29.3 Å². The Morgan fingerprint density at radius 1 is 1.05 bits per heavy atom. The zero-order valence-electron chi connectivity index (χ0n) is 23.7. The van der Waals surface area contributed by atoms with Crippen LogP contribution in [-0.4, -0.2) is 43.2 Å². The lowest BCUT2D eigenvalue weighted by molar-refractivity contribution is -0.140. The van der Waals surface area contributed by atoms with Crippen LogP contribution in [0.4, 0.5) is 13.2 Å². The molecular formula is C32H43F3N2O3. The number of nitrogens with one attached hydrogen (secondary N) is 1. The molecule has 3 atom stereocenters. The largest absolute Gasteiger partial charge is 0.491 e. The molecule has 0 radical (unpaired) electrons. The van der Waals surface area contributed by atoms with E-state index in [4.69, 9.17) is 9.47 Å². The van der Waals surface area contributed by atoms with Gasteiger partial charge in [0, 0.05) is 37.2 Å². The van der Waals surface area contributed by atoms with Crippen molar-refractivity contribution >= 4 is 5.91 Å². The summed E-state index contributed by atoms with van der Waals surface area (Å²) in [7, 11) is 1.55. The van der Waals surface area contributed by atoms with E-state index < -0.39 is 11.7 Å². The van der Waals surface area contributed by atoms with E-state index in [1.54, 1.807) is 7.11 Å².